The van der Waals surface area contributed by atoms with E-state index in [0.717, 1.165) is 5.69 Å². The molecule has 1 saturated heterocycles. The summed E-state index contributed by atoms with van der Waals surface area (Å²) in [7, 11) is 1.62. The number of carboxylic acid groups (broad SMARTS) is 1. The number of carbonyl (C=O) groups excluding carboxylic acids is 2. The number of likely N-dealkylation sites (tertiary alicyclic amines) is 1. The number of aliphatic carboxylic acids is 1. The topological polar surface area (TPSA) is 90.0 Å². The van der Waals surface area contributed by atoms with Crippen LogP contribution in [0.1, 0.15) is 19.8 Å². The standard InChI is InChI=1S/C18H25N3O4/c1-13(18(24)25)20(2)12-16(22)21-10-8-14(9-11-21)17(23)19-15-6-4-3-5-7-15/h3-7,13-14H,8-12H2,1-2H3,(H,19,23)(H,24,25). The van der Waals surface area contributed by atoms with Crippen molar-refractivity contribution in [1.82, 2.24) is 9.80 Å². The van der Waals surface area contributed by atoms with Crippen molar-refractivity contribution < 1.29 is 19.5 Å². The molecule has 1 heterocycles. The van der Waals surface area contributed by atoms with Crippen molar-refractivity contribution in [2.75, 3.05) is 32.0 Å². The molecule has 1 aromatic rings. The van der Waals surface area contributed by atoms with Crippen LogP contribution in [0.4, 0.5) is 5.69 Å². The third-order valence-electron chi connectivity index (χ3n) is 4.66. The van der Waals surface area contributed by atoms with Crippen molar-refractivity contribution in [1.29, 1.82) is 0 Å². The summed E-state index contributed by atoms with van der Waals surface area (Å²) in [5.74, 6) is -1.18. The molecule has 25 heavy (non-hydrogen) atoms. The molecule has 0 bridgehead atoms. The van der Waals surface area contributed by atoms with Gasteiger partial charge in [-0.25, -0.2) is 0 Å². The number of para-hydroxylation sites is 1. The van der Waals surface area contributed by atoms with Gasteiger partial charge in [-0.1, -0.05) is 18.2 Å². The first-order valence-corrected chi connectivity index (χ1v) is 8.45. The van der Waals surface area contributed by atoms with Crippen molar-refractivity contribution in [3.05, 3.63) is 30.3 Å². The van der Waals surface area contributed by atoms with E-state index in [2.05, 4.69) is 5.32 Å². The van der Waals surface area contributed by atoms with E-state index < -0.39 is 12.0 Å². The fraction of sp³-hybridized carbons (Fsp3) is 0.500. The zero-order chi connectivity index (χ0) is 18.4. The summed E-state index contributed by atoms with van der Waals surface area (Å²) < 4.78 is 0. The molecule has 1 aromatic carbocycles. The molecule has 0 spiro atoms. The summed E-state index contributed by atoms with van der Waals surface area (Å²) in [6.07, 6.45) is 1.23. The first-order valence-electron chi connectivity index (χ1n) is 8.45. The lowest BCUT2D eigenvalue weighted by molar-refractivity contribution is -0.144. The average Bonchev–Trinajstić information content (AvgIpc) is 2.61. The van der Waals surface area contributed by atoms with Crippen LogP contribution in [0.15, 0.2) is 30.3 Å². The number of hydrogen-bond donors (Lipinski definition) is 2. The fourth-order valence-electron chi connectivity index (χ4n) is 2.80. The van der Waals surface area contributed by atoms with Crippen molar-refractivity contribution >= 4 is 23.5 Å². The maximum absolute atomic E-state index is 12.3. The number of piperidine rings is 1. The SMILES string of the molecule is CC(C(=O)O)N(C)CC(=O)N1CCC(C(=O)Nc2ccccc2)CC1. The largest absolute Gasteiger partial charge is 0.480 e. The van der Waals surface area contributed by atoms with E-state index in [1.54, 1.807) is 18.9 Å². The van der Waals surface area contributed by atoms with Gasteiger partial charge in [0.1, 0.15) is 6.04 Å². The number of carbonyl (C=O) groups is 3. The van der Waals surface area contributed by atoms with Crippen LogP contribution in [0.25, 0.3) is 0 Å². The lowest BCUT2D eigenvalue weighted by atomic mass is 9.95. The molecule has 2 amide bonds. The molecular formula is C18H25N3O4. The van der Waals surface area contributed by atoms with Gasteiger partial charge in [0.15, 0.2) is 0 Å². The van der Waals surface area contributed by atoms with Crippen LogP contribution in [0, 0.1) is 5.92 Å². The van der Waals surface area contributed by atoms with Gasteiger partial charge in [-0.2, -0.15) is 0 Å². The number of amides is 2. The van der Waals surface area contributed by atoms with Crippen molar-refractivity contribution in [3.8, 4) is 0 Å². The number of hydrogen-bond acceptors (Lipinski definition) is 4. The number of nitrogens with zero attached hydrogens (tertiary/aromatic N) is 2. The molecule has 1 aliphatic rings. The normalized spacial score (nSPS) is 16.5. The Morgan fingerprint density at radius 2 is 1.84 bits per heavy atom. The number of carboxylic acids is 1. The molecule has 0 saturated carbocycles. The fourth-order valence-corrected chi connectivity index (χ4v) is 2.80. The van der Waals surface area contributed by atoms with Gasteiger partial charge in [-0.05, 0) is 38.9 Å². The van der Waals surface area contributed by atoms with Gasteiger partial charge in [0.25, 0.3) is 0 Å². The number of nitrogens with one attached hydrogen (secondary N) is 1. The maximum Gasteiger partial charge on any atom is 0.320 e. The Morgan fingerprint density at radius 3 is 2.40 bits per heavy atom. The zero-order valence-electron chi connectivity index (χ0n) is 14.6. The summed E-state index contributed by atoms with van der Waals surface area (Å²) in [4.78, 5) is 38.8. The van der Waals surface area contributed by atoms with Gasteiger partial charge in [0.2, 0.25) is 11.8 Å². The minimum atomic E-state index is -0.952. The van der Waals surface area contributed by atoms with Crippen molar-refractivity contribution in [3.63, 3.8) is 0 Å². The average molecular weight is 347 g/mol. The van der Waals surface area contributed by atoms with Crippen LogP contribution in [0.2, 0.25) is 0 Å². The third kappa shape index (κ3) is 5.29. The molecule has 136 valence electrons. The van der Waals surface area contributed by atoms with Gasteiger partial charge >= 0.3 is 5.97 Å². The van der Waals surface area contributed by atoms with Crippen molar-refractivity contribution in [2.45, 2.75) is 25.8 Å². The summed E-state index contributed by atoms with van der Waals surface area (Å²) in [6, 6.07) is 8.60. The third-order valence-corrected chi connectivity index (χ3v) is 4.66. The number of anilines is 1. The van der Waals surface area contributed by atoms with Crippen LogP contribution < -0.4 is 5.32 Å². The molecule has 1 unspecified atom stereocenters. The molecule has 2 rings (SSSR count). The van der Waals surface area contributed by atoms with Gasteiger partial charge in [0.05, 0.1) is 6.54 Å². The highest BCUT2D eigenvalue weighted by molar-refractivity contribution is 5.92. The van der Waals surface area contributed by atoms with Crippen LogP contribution in [0.3, 0.4) is 0 Å². The highest BCUT2D eigenvalue weighted by Crippen LogP contribution is 2.19. The summed E-state index contributed by atoms with van der Waals surface area (Å²) >= 11 is 0. The molecule has 1 aliphatic heterocycles. The van der Waals surface area contributed by atoms with E-state index in [4.69, 9.17) is 5.11 Å². The predicted octanol–water partition coefficient (Wildman–Crippen LogP) is 1.27. The lowest BCUT2D eigenvalue weighted by Gasteiger charge is -2.33. The smallest absolute Gasteiger partial charge is 0.320 e. The maximum atomic E-state index is 12.3. The van der Waals surface area contributed by atoms with Gasteiger partial charge < -0.3 is 15.3 Å². The van der Waals surface area contributed by atoms with E-state index >= 15 is 0 Å². The Labute approximate surface area is 147 Å². The van der Waals surface area contributed by atoms with E-state index in [1.165, 1.54) is 4.90 Å². The highest BCUT2D eigenvalue weighted by atomic mass is 16.4. The minimum absolute atomic E-state index is 0.0186. The van der Waals surface area contributed by atoms with E-state index in [-0.39, 0.29) is 24.3 Å². The first kappa shape index (κ1) is 18.9. The summed E-state index contributed by atoms with van der Waals surface area (Å²) in [5.41, 5.74) is 0.773. The minimum Gasteiger partial charge on any atom is -0.480 e. The van der Waals surface area contributed by atoms with E-state index in [0.29, 0.717) is 25.9 Å². The number of benzene rings is 1. The molecular weight excluding hydrogens is 322 g/mol. The highest BCUT2D eigenvalue weighted by Gasteiger charge is 2.28. The Hall–Kier alpha value is -2.41. The molecule has 0 aromatic heterocycles. The second-order valence-electron chi connectivity index (χ2n) is 6.44. The van der Waals surface area contributed by atoms with Crippen LogP contribution in [-0.2, 0) is 14.4 Å². The van der Waals surface area contributed by atoms with Crippen LogP contribution >= 0.6 is 0 Å². The van der Waals surface area contributed by atoms with Gasteiger partial charge in [0, 0.05) is 24.7 Å². The first-order chi connectivity index (χ1) is 11.9. The Bertz CT molecular complexity index is 612. The molecule has 2 N–H and O–H groups in total. The van der Waals surface area contributed by atoms with Crippen LogP contribution in [0.5, 0.6) is 0 Å². The summed E-state index contributed by atoms with van der Waals surface area (Å²) in [5, 5.41) is 11.9. The zero-order valence-corrected chi connectivity index (χ0v) is 14.6. The molecule has 7 nitrogen and oxygen atoms in total. The van der Waals surface area contributed by atoms with E-state index in [9.17, 15) is 14.4 Å². The van der Waals surface area contributed by atoms with Crippen LogP contribution in [-0.4, -0.2) is 65.4 Å². The monoisotopic (exact) mass is 347 g/mol. The molecule has 0 aliphatic carbocycles. The molecule has 7 heteroatoms. The number of rotatable bonds is 6. The molecule has 0 radical (unpaired) electrons. The second-order valence-corrected chi connectivity index (χ2v) is 6.44. The van der Waals surface area contributed by atoms with Gasteiger partial charge in [-0.15, -0.1) is 0 Å². The predicted molar refractivity (Wildman–Crippen MR) is 94.1 cm³/mol. The quantitative estimate of drug-likeness (QED) is 0.809. The van der Waals surface area contributed by atoms with E-state index in [1.807, 2.05) is 30.3 Å². The Kier molecular flexibility index (Phi) is 6.52. The molecule has 1 atom stereocenters. The Balaban J connectivity index is 1.79. The Morgan fingerprint density at radius 1 is 1.24 bits per heavy atom. The second kappa shape index (κ2) is 8.62. The van der Waals surface area contributed by atoms with Gasteiger partial charge in [-0.3, -0.25) is 19.3 Å². The van der Waals surface area contributed by atoms with Crippen molar-refractivity contribution in [2.24, 2.45) is 5.92 Å². The number of likely N-dealkylation sites (N-methyl/N-ethyl adjacent to an activating group) is 1. The summed E-state index contributed by atoms with van der Waals surface area (Å²) in [6.45, 7) is 2.64. The molecule has 1 fully saturated rings. The lowest BCUT2D eigenvalue weighted by Crippen LogP contribution is -2.47.